The first kappa shape index (κ1) is 23.6. The molecule has 0 bridgehead atoms. The van der Waals surface area contributed by atoms with E-state index in [2.05, 4.69) is 4.99 Å². The fourth-order valence-electron chi connectivity index (χ4n) is 3.05. The van der Waals surface area contributed by atoms with Crippen LogP contribution in [0.3, 0.4) is 0 Å². The molecule has 30 heavy (non-hydrogen) atoms. The number of likely N-dealkylation sites (tertiary alicyclic amines) is 1. The molecule has 0 unspecified atom stereocenters. The third-order valence-corrected chi connectivity index (χ3v) is 4.91. The number of benzene rings is 1. The van der Waals surface area contributed by atoms with Crippen molar-refractivity contribution in [1.82, 2.24) is 0 Å². The smallest absolute Gasteiger partial charge is 0.490 e. The number of carboxylic acid groups (broad SMARTS) is 1. The zero-order valence-corrected chi connectivity index (χ0v) is 18.0. The number of amides is 1. The second-order valence-electron chi connectivity index (χ2n) is 8.76. The molecule has 1 fully saturated rings. The minimum absolute atomic E-state index is 0.0280. The van der Waals surface area contributed by atoms with Crippen molar-refractivity contribution in [2.45, 2.75) is 51.4 Å². The van der Waals surface area contributed by atoms with Gasteiger partial charge in [0.15, 0.2) is 6.10 Å². The van der Waals surface area contributed by atoms with Crippen LogP contribution in [0.5, 0.6) is 5.75 Å². The molecule has 1 atom stereocenters. The van der Waals surface area contributed by atoms with Crippen LogP contribution in [0.4, 0.5) is 4.79 Å². The molecule has 1 aromatic carbocycles. The summed E-state index contributed by atoms with van der Waals surface area (Å²) in [6.07, 6.45) is -0.344. The number of nitrogens with zero attached hydrogens (tertiary/aromatic N) is 2. The SMILES string of the molecule is CC(C)(C)OC(=O)[N+]1(C)CCC(N=C(N)c2ccc(OC[C@@H](O)C(=O)O)cc2)CC1. The lowest BCUT2D eigenvalue weighted by Crippen LogP contribution is -2.56. The maximum Gasteiger partial charge on any atom is 0.516 e. The van der Waals surface area contributed by atoms with Crippen LogP contribution in [0.1, 0.15) is 39.2 Å². The van der Waals surface area contributed by atoms with Crippen LogP contribution >= 0.6 is 0 Å². The van der Waals surface area contributed by atoms with E-state index in [1.54, 1.807) is 24.3 Å². The number of carbonyl (C=O) groups is 2. The van der Waals surface area contributed by atoms with Gasteiger partial charge in [0.05, 0.1) is 26.2 Å². The zero-order chi connectivity index (χ0) is 22.5. The Balaban J connectivity index is 1.92. The van der Waals surface area contributed by atoms with E-state index in [0.29, 0.717) is 24.7 Å². The van der Waals surface area contributed by atoms with Gasteiger partial charge in [-0.1, -0.05) is 0 Å². The maximum absolute atomic E-state index is 12.5. The number of aliphatic hydroxyl groups is 1. The van der Waals surface area contributed by atoms with Gasteiger partial charge in [-0.3, -0.25) is 4.99 Å². The third kappa shape index (κ3) is 6.70. The Morgan fingerprint density at radius 3 is 2.30 bits per heavy atom. The van der Waals surface area contributed by atoms with Gasteiger partial charge in [0, 0.05) is 18.4 Å². The van der Waals surface area contributed by atoms with Gasteiger partial charge in [0.1, 0.15) is 23.8 Å². The molecule has 2 rings (SSSR count). The number of quaternary nitrogens is 1. The first-order valence-electron chi connectivity index (χ1n) is 9.95. The minimum Gasteiger partial charge on any atom is -0.490 e. The normalized spacial score (nSPS) is 23.5. The van der Waals surface area contributed by atoms with Crippen LogP contribution in [0, 0.1) is 0 Å². The number of hydrogen-bond acceptors (Lipinski definition) is 6. The molecule has 1 amide bonds. The summed E-state index contributed by atoms with van der Waals surface area (Å²) >= 11 is 0. The van der Waals surface area contributed by atoms with Crippen LogP contribution in [0.15, 0.2) is 29.3 Å². The summed E-state index contributed by atoms with van der Waals surface area (Å²) in [6, 6.07) is 6.77. The van der Waals surface area contributed by atoms with Gasteiger partial charge in [0.25, 0.3) is 0 Å². The average molecular weight is 423 g/mol. The van der Waals surface area contributed by atoms with Crippen molar-refractivity contribution in [2.24, 2.45) is 10.7 Å². The quantitative estimate of drug-likeness (QED) is 0.362. The molecule has 4 N–H and O–H groups in total. The highest BCUT2D eigenvalue weighted by molar-refractivity contribution is 5.97. The van der Waals surface area contributed by atoms with Gasteiger partial charge in [0.2, 0.25) is 0 Å². The highest BCUT2D eigenvalue weighted by atomic mass is 16.6. The van der Waals surface area contributed by atoms with E-state index < -0.39 is 17.7 Å². The number of aliphatic imine (C=N–C) groups is 1. The van der Waals surface area contributed by atoms with Crippen LogP contribution < -0.4 is 10.5 Å². The van der Waals surface area contributed by atoms with Crippen molar-refractivity contribution in [2.75, 3.05) is 26.7 Å². The monoisotopic (exact) mass is 422 g/mol. The maximum atomic E-state index is 12.5. The van der Waals surface area contributed by atoms with E-state index in [1.807, 2.05) is 27.8 Å². The largest absolute Gasteiger partial charge is 0.516 e. The van der Waals surface area contributed by atoms with Crippen LogP contribution in [0.25, 0.3) is 0 Å². The molecule has 9 heteroatoms. The molecule has 0 saturated carbocycles. The molecular formula is C21H32N3O6+. The highest BCUT2D eigenvalue weighted by Gasteiger charge is 2.40. The number of ether oxygens (including phenoxy) is 2. The van der Waals surface area contributed by atoms with Crippen molar-refractivity contribution in [3.63, 3.8) is 0 Å². The predicted molar refractivity (Wildman–Crippen MR) is 111 cm³/mol. The van der Waals surface area contributed by atoms with E-state index in [0.717, 1.165) is 18.4 Å². The Hall–Kier alpha value is -2.65. The number of carbonyl (C=O) groups excluding carboxylic acids is 1. The lowest BCUT2D eigenvalue weighted by atomic mass is 10.0. The number of hydrogen-bond donors (Lipinski definition) is 3. The van der Waals surface area contributed by atoms with E-state index in [1.165, 1.54) is 0 Å². The Labute approximate surface area is 176 Å². The van der Waals surface area contributed by atoms with Gasteiger partial charge >= 0.3 is 12.1 Å². The summed E-state index contributed by atoms with van der Waals surface area (Å²) in [5, 5.41) is 17.9. The molecule has 166 valence electrons. The third-order valence-electron chi connectivity index (χ3n) is 4.91. The summed E-state index contributed by atoms with van der Waals surface area (Å²) in [4.78, 5) is 27.7. The van der Waals surface area contributed by atoms with Crippen molar-refractivity contribution < 1.29 is 33.8 Å². The van der Waals surface area contributed by atoms with Gasteiger partial charge in [-0.25, -0.2) is 9.28 Å². The van der Waals surface area contributed by atoms with Gasteiger partial charge in [-0.15, -0.1) is 0 Å². The molecular weight excluding hydrogens is 390 g/mol. The number of rotatable bonds is 6. The Morgan fingerprint density at radius 2 is 1.80 bits per heavy atom. The second-order valence-corrected chi connectivity index (χ2v) is 8.76. The highest BCUT2D eigenvalue weighted by Crippen LogP contribution is 2.23. The molecule has 9 nitrogen and oxygen atoms in total. The number of carboxylic acids is 1. The first-order chi connectivity index (χ1) is 13.9. The number of nitrogens with two attached hydrogens (primary N) is 1. The fraction of sp³-hybridized carbons (Fsp3) is 0.571. The van der Waals surface area contributed by atoms with Gasteiger partial charge in [-0.05, 0) is 45.0 Å². The first-order valence-corrected chi connectivity index (χ1v) is 9.95. The lowest BCUT2D eigenvalue weighted by molar-refractivity contribution is -0.844. The van der Waals surface area contributed by atoms with E-state index in [9.17, 15) is 14.7 Å². The van der Waals surface area contributed by atoms with Crippen LogP contribution in [-0.2, 0) is 9.53 Å². The lowest BCUT2D eigenvalue weighted by Gasteiger charge is -2.37. The van der Waals surface area contributed by atoms with Crippen molar-refractivity contribution >= 4 is 17.9 Å². The second kappa shape index (κ2) is 9.44. The average Bonchev–Trinajstić information content (AvgIpc) is 2.67. The number of aliphatic carboxylic acids is 1. The summed E-state index contributed by atoms with van der Waals surface area (Å²) in [5.74, 6) is -0.516. The molecule has 0 aliphatic carbocycles. The van der Waals surface area contributed by atoms with Gasteiger partial charge < -0.3 is 25.4 Å². The van der Waals surface area contributed by atoms with Crippen LogP contribution in [0.2, 0.25) is 0 Å². The van der Waals surface area contributed by atoms with Crippen molar-refractivity contribution in [1.29, 1.82) is 0 Å². The Kier molecular flexibility index (Phi) is 7.44. The minimum atomic E-state index is -1.58. The topological polar surface area (TPSA) is 131 Å². The van der Waals surface area contributed by atoms with Crippen molar-refractivity contribution in [3.8, 4) is 5.75 Å². The van der Waals surface area contributed by atoms with Crippen molar-refractivity contribution in [3.05, 3.63) is 29.8 Å². The van der Waals surface area contributed by atoms with Crippen LogP contribution in [-0.4, -0.2) is 77.1 Å². The molecule has 1 aliphatic heterocycles. The van der Waals surface area contributed by atoms with E-state index >= 15 is 0 Å². The fourth-order valence-corrected chi connectivity index (χ4v) is 3.05. The molecule has 1 saturated heterocycles. The Bertz CT molecular complexity index is 777. The zero-order valence-electron chi connectivity index (χ0n) is 18.0. The standard InChI is InChI=1S/C21H31N3O6/c1-21(2,3)30-20(28)24(4)11-9-15(10-12-24)23-18(22)14-5-7-16(8-6-14)29-13-17(25)19(26)27/h5-8,15,17,25H,9-13H2,1-4H3,(H2-,22,23,26,27)/p+1/t15?,17-,24?/m1/s1. The molecule has 1 aromatic rings. The molecule has 0 radical (unpaired) electrons. The molecule has 0 aromatic heterocycles. The summed E-state index contributed by atoms with van der Waals surface area (Å²) in [7, 11) is 1.89. The van der Waals surface area contributed by atoms with Gasteiger partial charge in [-0.2, -0.15) is 4.79 Å². The summed E-state index contributed by atoms with van der Waals surface area (Å²) < 4.78 is 11.0. The molecule has 0 spiro atoms. The number of amidine groups is 1. The molecule has 1 heterocycles. The number of piperidine rings is 1. The molecule has 1 aliphatic rings. The summed E-state index contributed by atoms with van der Waals surface area (Å²) in [6.45, 7) is 6.51. The number of aliphatic hydroxyl groups excluding tert-OH is 1. The van der Waals surface area contributed by atoms with E-state index in [-0.39, 0.29) is 23.2 Å². The Morgan fingerprint density at radius 1 is 1.23 bits per heavy atom. The predicted octanol–water partition coefficient (Wildman–Crippen LogP) is 1.76. The van der Waals surface area contributed by atoms with E-state index in [4.69, 9.17) is 20.3 Å². The summed E-state index contributed by atoms with van der Waals surface area (Å²) in [5.41, 5.74) is 6.35.